The van der Waals surface area contributed by atoms with Gasteiger partial charge in [-0.2, -0.15) is 0 Å². The maximum absolute atomic E-state index is 12.1. The molecule has 2 aromatic rings. The Morgan fingerprint density at radius 3 is 2.52 bits per heavy atom. The van der Waals surface area contributed by atoms with Gasteiger partial charge in [-0.05, 0) is 38.3 Å². The van der Waals surface area contributed by atoms with Gasteiger partial charge < -0.3 is 14.6 Å². The summed E-state index contributed by atoms with van der Waals surface area (Å²) in [6.07, 6.45) is -0.206. The quantitative estimate of drug-likeness (QED) is 0.925. The van der Waals surface area contributed by atoms with Crippen LogP contribution < -0.4 is 0 Å². The van der Waals surface area contributed by atoms with Crippen molar-refractivity contribution in [3.05, 3.63) is 36.0 Å². The number of carbonyl (C=O) groups is 1. The van der Waals surface area contributed by atoms with Crippen LogP contribution in [0.3, 0.4) is 0 Å². The highest BCUT2D eigenvalue weighted by Crippen LogP contribution is 2.17. The molecule has 1 saturated heterocycles. The van der Waals surface area contributed by atoms with E-state index < -0.39 is 5.60 Å². The normalized spacial score (nSPS) is 16.7. The summed E-state index contributed by atoms with van der Waals surface area (Å²) in [6, 6.07) is 10.5. The number of aromatic nitrogens is 1. The molecule has 1 aromatic carbocycles. The lowest BCUT2D eigenvalue weighted by Gasteiger charge is -2.35. The lowest BCUT2D eigenvalue weighted by Crippen LogP contribution is -2.49. The van der Waals surface area contributed by atoms with E-state index in [4.69, 9.17) is 4.74 Å². The van der Waals surface area contributed by atoms with Gasteiger partial charge in [0.15, 0.2) is 0 Å². The lowest BCUT2D eigenvalue weighted by molar-refractivity contribution is 0.0138. The number of rotatable bonds is 2. The van der Waals surface area contributed by atoms with Crippen molar-refractivity contribution in [1.29, 1.82) is 0 Å². The van der Waals surface area contributed by atoms with Crippen LogP contribution in [0, 0.1) is 0 Å². The smallest absolute Gasteiger partial charge is 0.410 e. The minimum atomic E-state index is -0.432. The third kappa shape index (κ3) is 4.05. The number of hydrogen-bond acceptors (Lipinski definition) is 3. The van der Waals surface area contributed by atoms with Crippen molar-refractivity contribution >= 4 is 17.0 Å². The first-order valence-corrected chi connectivity index (χ1v) is 8.18. The molecule has 0 radical (unpaired) electrons. The molecule has 0 spiro atoms. The van der Waals surface area contributed by atoms with Crippen molar-refractivity contribution in [2.75, 3.05) is 26.2 Å². The zero-order valence-electron chi connectivity index (χ0n) is 14.1. The molecule has 0 unspecified atom stereocenters. The number of fused-ring (bicyclic) bond motifs is 1. The summed E-state index contributed by atoms with van der Waals surface area (Å²) in [5, 5.41) is 1.25. The molecule has 5 nitrogen and oxygen atoms in total. The number of hydrogen-bond donors (Lipinski definition) is 1. The van der Waals surface area contributed by atoms with E-state index >= 15 is 0 Å². The minimum absolute atomic E-state index is 0.206. The Hall–Kier alpha value is -2.01. The average Bonchev–Trinajstić information content (AvgIpc) is 2.88. The largest absolute Gasteiger partial charge is 0.444 e. The van der Waals surface area contributed by atoms with Crippen LogP contribution in [-0.4, -0.2) is 52.7 Å². The standard InChI is InChI=1S/C18H25N3O2/c1-18(2,3)23-17(22)21-10-8-20(9-11-21)13-15-12-14-6-4-5-7-16(14)19-15/h4-7,12,19H,8-11,13H2,1-3H3. The molecule has 1 amide bonds. The number of H-pyrrole nitrogens is 1. The molecule has 3 rings (SSSR count). The van der Waals surface area contributed by atoms with Gasteiger partial charge in [-0.25, -0.2) is 4.79 Å². The first-order chi connectivity index (χ1) is 10.9. The van der Waals surface area contributed by atoms with E-state index in [1.165, 1.54) is 16.6 Å². The van der Waals surface area contributed by atoms with Crippen molar-refractivity contribution in [2.24, 2.45) is 0 Å². The van der Waals surface area contributed by atoms with E-state index in [1.807, 2.05) is 26.8 Å². The zero-order chi connectivity index (χ0) is 16.4. The number of nitrogens with one attached hydrogen (secondary N) is 1. The molecule has 1 aliphatic heterocycles. The summed E-state index contributed by atoms with van der Waals surface area (Å²) in [4.78, 5) is 19.7. The highest BCUT2D eigenvalue weighted by atomic mass is 16.6. The lowest BCUT2D eigenvalue weighted by atomic mass is 10.2. The third-order valence-electron chi connectivity index (χ3n) is 4.00. The summed E-state index contributed by atoms with van der Waals surface area (Å²) in [5.74, 6) is 0. The van der Waals surface area contributed by atoms with Crippen LogP contribution in [0.2, 0.25) is 0 Å². The van der Waals surface area contributed by atoms with Crippen molar-refractivity contribution in [3.8, 4) is 0 Å². The van der Waals surface area contributed by atoms with Crippen molar-refractivity contribution in [3.63, 3.8) is 0 Å². The maximum Gasteiger partial charge on any atom is 0.410 e. The van der Waals surface area contributed by atoms with Crippen LogP contribution in [0.4, 0.5) is 4.79 Å². The van der Waals surface area contributed by atoms with Crippen LogP contribution in [0.1, 0.15) is 26.5 Å². The molecule has 1 aliphatic rings. The number of ether oxygens (including phenoxy) is 1. The Kier molecular flexibility index (Phi) is 4.31. The third-order valence-corrected chi connectivity index (χ3v) is 4.00. The van der Waals surface area contributed by atoms with E-state index in [2.05, 4.69) is 34.1 Å². The Labute approximate surface area is 137 Å². The van der Waals surface area contributed by atoms with Gasteiger partial charge in [-0.15, -0.1) is 0 Å². The van der Waals surface area contributed by atoms with Gasteiger partial charge >= 0.3 is 6.09 Å². The number of para-hydroxylation sites is 1. The number of aromatic amines is 1. The Morgan fingerprint density at radius 2 is 1.87 bits per heavy atom. The molecule has 1 fully saturated rings. The number of carbonyl (C=O) groups excluding carboxylic acids is 1. The van der Waals surface area contributed by atoms with Crippen LogP contribution in [0.15, 0.2) is 30.3 Å². The first-order valence-electron chi connectivity index (χ1n) is 8.18. The second-order valence-corrected chi connectivity index (χ2v) is 7.13. The molecule has 124 valence electrons. The molecule has 0 aliphatic carbocycles. The number of nitrogens with zero attached hydrogens (tertiary/aromatic N) is 2. The van der Waals surface area contributed by atoms with Gasteiger partial charge in [0.05, 0.1) is 0 Å². The highest BCUT2D eigenvalue weighted by molar-refractivity contribution is 5.80. The summed E-state index contributed by atoms with van der Waals surface area (Å²) >= 11 is 0. The minimum Gasteiger partial charge on any atom is -0.444 e. The number of amides is 1. The van der Waals surface area contributed by atoms with Gasteiger partial charge in [-0.1, -0.05) is 18.2 Å². The highest BCUT2D eigenvalue weighted by Gasteiger charge is 2.25. The number of piperazine rings is 1. The summed E-state index contributed by atoms with van der Waals surface area (Å²) in [7, 11) is 0. The molecule has 0 bridgehead atoms. The predicted octanol–water partition coefficient (Wildman–Crippen LogP) is 3.22. The van der Waals surface area contributed by atoms with Crippen molar-refractivity contribution in [2.45, 2.75) is 32.9 Å². The molecule has 1 aromatic heterocycles. The van der Waals surface area contributed by atoms with Crippen molar-refractivity contribution < 1.29 is 9.53 Å². The van der Waals surface area contributed by atoms with Crippen LogP contribution >= 0.6 is 0 Å². The Bertz CT molecular complexity index is 646. The van der Waals surface area contributed by atoms with Gasteiger partial charge in [0, 0.05) is 43.9 Å². The fourth-order valence-electron chi connectivity index (χ4n) is 2.87. The Balaban J connectivity index is 1.54. The summed E-state index contributed by atoms with van der Waals surface area (Å²) in [6.45, 7) is 9.76. The van der Waals surface area contributed by atoms with E-state index in [0.29, 0.717) is 0 Å². The predicted molar refractivity (Wildman–Crippen MR) is 91.4 cm³/mol. The molecular weight excluding hydrogens is 290 g/mol. The second kappa shape index (κ2) is 6.24. The molecule has 0 saturated carbocycles. The van der Waals surface area contributed by atoms with E-state index in [9.17, 15) is 4.79 Å². The van der Waals surface area contributed by atoms with Gasteiger partial charge in [0.2, 0.25) is 0 Å². The fraction of sp³-hybridized carbons (Fsp3) is 0.500. The number of benzene rings is 1. The van der Waals surface area contributed by atoms with Gasteiger partial charge in [-0.3, -0.25) is 4.90 Å². The Morgan fingerprint density at radius 1 is 1.17 bits per heavy atom. The second-order valence-electron chi connectivity index (χ2n) is 7.13. The van der Waals surface area contributed by atoms with Crippen LogP contribution in [-0.2, 0) is 11.3 Å². The molecule has 23 heavy (non-hydrogen) atoms. The average molecular weight is 315 g/mol. The van der Waals surface area contributed by atoms with E-state index in [-0.39, 0.29) is 6.09 Å². The summed E-state index contributed by atoms with van der Waals surface area (Å²) in [5.41, 5.74) is 1.96. The maximum atomic E-state index is 12.1. The van der Waals surface area contributed by atoms with Crippen LogP contribution in [0.5, 0.6) is 0 Å². The molecule has 2 heterocycles. The summed E-state index contributed by atoms with van der Waals surface area (Å²) < 4.78 is 5.43. The molecule has 0 atom stereocenters. The topological polar surface area (TPSA) is 48.6 Å². The SMILES string of the molecule is CC(C)(C)OC(=O)N1CCN(Cc2cc3ccccc3[nH]2)CC1. The fourth-order valence-corrected chi connectivity index (χ4v) is 2.87. The zero-order valence-corrected chi connectivity index (χ0v) is 14.1. The first kappa shape index (κ1) is 15.9. The van der Waals surface area contributed by atoms with Crippen molar-refractivity contribution in [1.82, 2.24) is 14.8 Å². The van der Waals surface area contributed by atoms with Gasteiger partial charge in [0.25, 0.3) is 0 Å². The van der Waals surface area contributed by atoms with Crippen LogP contribution in [0.25, 0.3) is 10.9 Å². The molecule has 5 heteroatoms. The van der Waals surface area contributed by atoms with Gasteiger partial charge in [0.1, 0.15) is 5.60 Å². The molecule has 1 N–H and O–H groups in total. The van der Waals surface area contributed by atoms with E-state index in [1.54, 1.807) is 4.90 Å². The monoisotopic (exact) mass is 315 g/mol. The van der Waals surface area contributed by atoms with E-state index in [0.717, 1.165) is 32.7 Å². The molecular formula is C18H25N3O2.